The lowest BCUT2D eigenvalue weighted by atomic mass is 10.0. The normalized spacial score (nSPS) is 12.6. The Morgan fingerprint density at radius 3 is 2.00 bits per heavy atom. The second-order valence-electron chi connectivity index (χ2n) is 2.87. The molecule has 0 aliphatic rings. The van der Waals surface area contributed by atoms with E-state index in [0.29, 0.717) is 12.1 Å². The number of hydrogen-bond acceptors (Lipinski definition) is 1. The predicted molar refractivity (Wildman–Crippen MR) is 49.6 cm³/mol. The van der Waals surface area contributed by atoms with E-state index in [0.717, 1.165) is 12.1 Å². The first-order valence-electron chi connectivity index (χ1n) is 3.92. The van der Waals surface area contributed by atoms with Crippen molar-refractivity contribution in [1.29, 1.82) is 0 Å². The molecular formula is C9H4BrF5O. The van der Waals surface area contributed by atoms with E-state index in [4.69, 9.17) is 0 Å². The van der Waals surface area contributed by atoms with Gasteiger partial charge in [-0.25, -0.2) is 0 Å². The molecule has 16 heavy (non-hydrogen) atoms. The van der Waals surface area contributed by atoms with Crippen molar-refractivity contribution in [2.75, 3.05) is 0 Å². The average Bonchev–Trinajstić information content (AvgIpc) is 2.14. The summed E-state index contributed by atoms with van der Waals surface area (Å²) in [5.74, 6) is -1.92. The number of ketones is 1. The van der Waals surface area contributed by atoms with E-state index in [1.54, 1.807) is 15.9 Å². The van der Waals surface area contributed by atoms with Gasteiger partial charge in [0.2, 0.25) is 5.78 Å². The Morgan fingerprint density at radius 1 is 1.06 bits per heavy atom. The molecule has 0 saturated carbocycles. The second-order valence-corrected chi connectivity index (χ2v) is 3.87. The van der Waals surface area contributed by atoms with E-state index in [9.17, 15) is 26.7 Å². The Bertz CT molecular complexity index is 407. The van der Waals surface area contributed by atoms with E-state index in [1.165, 1.54) is 0 Å². The van der Waals surface area contributed by atoms with Crippen LogP contribution in [0.1, 0.15) is 15.9 Å². The molecule has 88 valence electrons. The highest BCUT2D eigenvalue weighted by atomic mass is 79.9. The van der Waals surface area contributed by atoms with Gasteiger partial charge in [-0.15, -0.1) is 0 Å². The van der Waals surface area contributed by atoms with Crippen LogP contribution in [0.3, 0.4) is 0 Å². The molecule has 7 heteroatoms. The largest absolute Gasteiger partial charge is 0.417 e. The number of halogens is 6. The van der Waals surface area contributed by atoms with Gasteiger partial charge in [-0.1, -0.05) is 18.2 Å². The molecule has 1 nitrogen and oxygen atoms in total. The molecule has 0 aliphatic carbocycles. The topological polar surface area (TPSA) is 17.1 Å². The summed E-state index contributed by atoms with van der Waals surface area (Å²) < 4.78 is 62.3. The van der Waals surface area contributed by atoms with Crippen LogP contribution < -0.4 is 0 Å². The van der Waals surface area contributed by atoms with Gasteiger partial charge in [-0.3, -0.25) is 4.79 Å². The minimum atomic E-state index is -4.84. The molecule has 1 aromatic carbocycles. The van der Waals surface area contributed by atoms with Gasteiger partial charge in [0, 0.05) is 5.56 Å². The lowest BCUT2D eigenvalue weighted by molar-refractivity contribution is -0.138. The smallest absolute Gasteiger partial charge is 0.286 e. The molecule has 0 amide bonds. The number of rotatable bonds is 2. The Balaban J connectivity index is 3.31. The zero-order valence-corrected chi connectivity index (χ0v) is 9.07. The van der Waals surface area contributed by atoms with Gasteiger partial charge in [-0.05, 0) is 22.0 Å². The summed E-state index contributed by atoms with van der Waals surface area (Å²) >= 11 is 1.73. The van der Waals surface area contributed by atoms with Crippen LogP contribution in [-0.2, 0) is 6.18 Å². The molecule has 0 spiro atoms. The highest BCUT2D eigenvalue weighted by Crippen LogP contribution is 2.35. The van der Waals surface area contributed by atoms with Crippen LogP contribution in [0.2, 0.25) is 0 Å². The highest BCUT2D eigenvalue weighted by molar-refractivity contribution is 9.10. The zero-order valence-electron chi connectivity index (χ0n) is 7.49. The standard InChI is InChI=1S/C9H4BrF5O/c10-8(11,12)7(16)5-3-1-2-4-6(5)9(13,14)15/h1-4H. The van der Waals surface area contributed by atoms with Gasteiger partial charge >= 0.3 is 11.0 Å². The molecule has 0 heterocycles. The van der Waals surface area contributed by atoms with Crippen molar-refractivity contribution >= 4 is 21.7 Å². The van der Waals surface area contributed by atoms with Crippen LogP contribution in [-0.4, -0.2) is 10.6 Å². The van der Waals surface area contributed by atoms with Crippen molar-refractivity contribution < 1.29 is 26.7 Å². The van der Waals surface area contributed by atoms with Crippen LogP contribution >= 0.6 is 15.9 Å². The average molecular weight is 303 g/mol. The van der Waals surface area contributed by atoms with E-state index < -0.39 is 27.9 Å². The fourth-order valence-corrected chi connectivity index (χ4v) is 1.29. The van der Waals surface area contributed by atoms with Crippen molar-refractivity contribution in [3.8, 4) is 0 Å². The third-order valence-electron chi connectivity index (χ3n) is 1.73. The molecule has 0 aromatic heterocycles. The van der Waals surface area contributed by atoms with Crippen LogP contribution in [0.4, 0.5) is 22.0 Å². The summed E-state index contributed by atoms with van der Waals surface area (Å²) in [5.41, 5.74) is -2.43. The van der Waals surface area contributed by atoms with Crippen LogP contribution in [0.15, 0.2) is 24.3 Å². The quantitative estimate of drug-likeness (QED) is 0.460. The van der Waals surface area contributed by atoms with Crippen molar-refractivity contribution in [3.63, 3.8) is 0 Å². The summed E-state index contributed by atoms with van der Waals surface area (Å²) in [7, 11) is 0. The Morgan fingerprint density at radius 2 is 1.56 bits per heavy atom. The van der Waals surface area contributed by atoms with Crippen LogP contribution in [0, 0.1) is 0 Å². The highest BCUT2D eigenvalue weighted by Gasteiger charge is 2.42. The number of benzene rings is 1. The molecule has 1 rings (SSSR count). The first kappa shape index (κ1) is 13.1. The number of carbonyl (C=O) groups excluding carboxylic acids is 1. The summed E-state index contributed by atoms with van der Waals surface area (Å²) in [5, 5.41) is 0. The maximum absolute atomic E-state index is 12.6. The van der Waals surface area contributed by atoms with E-state index in [2.05, 4.69) is 0 Å². The third-order valence-corrected chi connectivity index (χ3v) is 2.09. The monoisotopic (exact) mass is 302 g/mol. The first-order chi connectivity index (χ1) is 7.14. The lowest BCUT2D eigenvalue weighted by Gasteiger charge is -2.13. The molecule has 0 bridgehead atoms. The minimum Gasteiger partial charge on any atom is -0.286 e. The van der Waals surface area contributed by atoms with E-state index >= 15 is 0 Å². The van der Waals surface area contributed by atoms with Crippen LogP contribution in [0.5, 0.6) is 0 Å². The molecule has 0 unspecified atom stereocenters. The number of Topliss-reactive ketones (excluding diaryl/α,β-unsaturated/α-hetero) is 1. The molecule has 0 saturated heterocycles. The fourth-order valence-electron chi connectivity index (χ4n) is 1.08. The summed E-state index contributed by atoms with van der Waals surface area (Å²) in [6.45, 7) is 0. The fraction of sp³-hybridized carbons (Fsp3) is 0.222. The Kier molecular flexibility index (Phi) is 3.37. The SMILES string of the molecule is O=C(c1ccccc1C(F)(F)F)C(F)(F)Br. The van der Waals surface area contributed by atoms with Gasteiger partial charge in [0.25, 0.3) is 0 Å². The maximum atomic E-state index is 12.6. The molecular weight excluding hydrogens is 299 g/mol. The van der Waals surface area contributed by atoms with Crippen LogP contribution in [0.25, 0.3) is 0 Å². The molecule has 0 radical (unpaired) electrons. The summed E-state index contributed by atoms with van der Waals surface area (Å²) in [6.07, 6.45) is -4.84. The molecule has 0 N–H and O–H groups in total. The Hall–Kier alpha value is -0.980. The predicted octanol–water partition coefficient (Wildman–Crippen LogP) is 3.88. The van der Waals surface area contributed by atoms with Gasteiger partial charge < -0.3 is 0 Å². The number of hydrogen-bond donors (Lipinski definition) is 0. The van der Waals surface area contributed by atoms with E-state index in [1.807, 2.05) is 0 Å². The summed E-state index contributed by atoms with van der Waals surface area (Å²) in [6, 6.07) is 3.39. The number of alkyl halides is 6. The maximum Gasteiger partial charge on any atom is 0.417 e. The van der Waals surface area contributed by atoms with Gasteiger partial charge in [0.05, 0.1) is 5.56 Å². The van der Waals surface area contributed by atoms with Crippen molar-refractivity contribution in [1.82, 2.24) is 0 Å². The lowest BCUT2D eigenvalue weighted by Crippen LogP contribution is -2.24. The van der Waals surface area contributed by atoms with Crippen molar-refractivity contribution in [3.05, 3.63) is 35.4 Å². The van der Waals surface area contributed by atoms with E-state index in [-0.39, 0.29) is 0 Å². The van der Waals surface area contributed by atoms with Gasteiger partial charge in [0.1, 0.15) is 0 Å². The van der Waals surface area contributed by atoms with Crippen molar-refractivity contribution in [2.45, 2.75) is 11.0 Å². The minimum absolute atomic E-state index is 0.575. The second kappa shape index (κ2) is 4.12. The van der Waals surface area contributed by atoms with Gasteiger partial charge in [-0.2, -0.15) is 22.0 Å². The zero-order chi connectivity index (χ0) is 12.6. The molecule has 1 aromatic rings. The molecule has 0 fully saturated rings. The third kappa shape index (κ3) is 2.78. The van der Waals surface area contributed by atoms with Crippen molar-refractivity contribution in [2.24, 2.45) is 0 Å². The molecule has 0 aliphatic heterocycles. The Labute approximate surface area is 95.4 Å². The summed E-state index contributed by atoms with van der Waals surface area (Å²) in [4.78, 5) is 7.03. The first-order valence-corrected chi connectivity index (χ1v) is 4.71. The number of carbonyl (C=O) groups is 1. The molecule has 0 atom stereocenters. The van der Waals surface area contributed by atoms with Gasteiger partial charge in [0.15, 0.2) is 0 Å².